The van der Waals surface area contributed by atoms with E-state index in [-0.39, 0.29) is 5.56 Å². The van der Waals surface area contributed by atoms with Crippen LogP contribution in [0.25, 0.3) is 0 Å². The summed E-state index contributed by atoms with van der Waals surface area (Å²) < 4.78 is 39.5. The first-order valence-electron chi connectivity index (χ1n) is 4.16. The monoisotopic (exact) mass is 186 g/mol. The molecule has 2 atom stereocenters. The van der Waals surface area contributed by atoms with Gasteiger partial charge in [-0.3, -0.25) is 0 Å². The standard InChI is InChI=1S/C10H9F3/c1-6-7-4-2-3-5-8(7)9(11)10(6,12)13/h2-6,9H,1H3. The lowest BCUT2D eigenvalue weighted by atomic mass is 10.0. The van der Waals surface area contributed by atoms with Crippen LogP contribution in [0.15, 0.2) is 24.3 Å². The van der Waals surface area contributed by atoms with Gasteiger partial charge in [-0.1, -0.05) is 31.2 Å². The molecular weight excluding hydrogens is 177 g/mol. The molecule has 3 heteroatoms. The molecule has 0 N–H and O–H groups in total. The van der Waals surface area contributed by atoms with Gasteiger partial charge in [0.05, 0.1) is 0 Å². The van der Waals surface area contributed by atoms with Crippen LogP contribution in [0.5, 0.6) is 0 Å². The summed E-state index contributed by atoms with van der Waals surface area (Å²) in [6, 6.07) is 6.23. The number of benzene rings is 1. The number of fused-ring (bicyclic) bond motifs is 1. The minimum absolute atomic E-state index is 0.139. The Labute approximate surface area is 74.4 Å². The molecule has 0 heterocycles. The smallest absolute Gasteiger partial charge is 0.236 e. The van der Waals surface area contributed by atoms with Crippen LogP contribution in [-0.2, 0) is 0 Å². The third kappa shape index (κ3) is 0.992. The predicted molar refractivity (Wildman–Crippen MR) is 43.7 cm³/mol. The van der Waals surface area contributed by atoms with Gasteiger partial charge in [0.2, 0.25) is 0 Å². The zero-order valence-corrected chi connectivity index (χ0v) is 7.10. The maximum Gasteiger partial charge on any atom is 0.289 e. The van der Waals surface area contributed by atoms with Crippen LogP contribution in [0, 0.1) is 0 Å². The molecule has 13 heavy (non-hydrogen) atoms. The summed E-state index contributed by atoms with van der Waals surface area (Å²) in [5.41, 5.74) is 0.569. The minimum Gasteiger partial charge on any atom is -0.236 e. The number of alkyl halides is 3. The second-order valence-electron chi connectivity index (χ2n) is 3.39. The second-order valence-corrected chi connectivity index (χ2v) is 3.39. The molecule has 2 unspecified atom stereocenters. The van der Waals surface area contributed by atoms with Crippen molar-refractivity contribution in [3.05, 3.63) is 35.4 Å². The summed E-state index contributed by atoms with van der Waals surface area (Å²) in [5, 5.41) is 0. The van der Waals surface area contributed by atoms with Crippen LogP contribution in [0.3, 0.4) is 0 Å². The van der Waals surface area contributed by atoms with E-state index in [2.05, 4.69) is 0 Å². The highest BCUT2D eigenvalue weighted by molar-refractivity contribution is 5.40. The van der Waals surface area contributed by atoms with Crippen LogP contribution in [0.4, 0.5) is 13.2 Å². The van der Waals surface area contributed by atoms with Crippen molar-refractivity contribution in [3.8, 4) is 0 Å². The van der Waals surface area contributed by atoms with Gasteiger partial charge in [0.25, 0.3) is 5.92 Å². The van der Waals surface area contributed by atoms with Crippen molar-refractivity contribution in [1.29, 1.82) is 0 Å². The molecule has 0 fully saturated rings. The van der Waals surface area contributed by atoms with Crippen molar-refractivity contribution in [2.45, 2.75) is 24.9 Å². The zero-order chi connectivity index (χ0) is 9.64. The average molecular weight is 186 g/mol. The molecule has 2 rings (SSSR count). The third-order valence-corrected chi connectivity index (χ3v) is 2.65. The average Bonchev–Trinajstić information content (AvgIpc) is 2.30. The fourth-order valence-corrected chi connectivity index (χ4v) is 1.77. The molecule has 0 spiro atoms. The molecule has 0 nitrogen and oxygen atoms in total. The van der Waals surface area contributed by atoms with E-state index in [4.69, 9.17) is 0 Å². The lowest BCUT2D eigenvalue weighted by molar-refractivity contribution is -0.0780. The van der Waals surface area contributed by atoms with Gasteiger partial charge < -0.3 is 0 Å². The van der Waals surface area contributed by atoms with Crippen molar-refractivity contribution in [3.63, 3.8) is 0 Å². The topological polar surface area (TPSA) is 0 Å². The summed E-state index contributed by atoms with van der Waals surface area (Å²) >= 11 is 0. The third-order valence-electron chi connectivity index (χ3n) is 2.65. The quantitative estimate of drug-likeness (QED) is 0.582. The Kier molecular flexibility index (Phi) is 1.65. The molecule has 1 aliphatic carbocycles. The van der Waals surface area contributed by atoms with E-state index in [1.54, 1.807) is 18.2 Å². The van der Waals surface area contributed by atoms with Gasteiger partial charge in [-0.2, -0.15) is 0 Å². The van der Waals surface area contributed by atoms with Crippen molar-refractivity contribution < 1.29 is 13.2 Å². The molecule has 0 saturated carbocycles. The first kappa shape index (κ1) is 8.60. The Balaban J connectivity index is 2.57. The molecule has 1 aliphatic rings. The number of hydrogen-bond acceptors (Lipinski definition) is 0. The van der Waals surface area contributed by atoms with Crippen LogP contribution in [0.2, 0.25) is 0 Å². The van der Waals surface area contributed by atoms with Gasteiger partial charge in [0.15, 0.2) is 6.17 Å². The van der Waals surface area contributed by atoms with E-state index in [0.717, 1.165) is 0 Å². The molecule has 1 aromatic carbocycles. The van der Waals surface area contributed by atoms with Crippen molar-refractivity contribution in [2.24, 2.45) is 0 Å². The van der Waals surface area contributed by atoms with Crippen molar-refractivity contribution >= 4 is 0 Å². The van der Waals surface area contributed by atoms with Crippen LogP contribution in [-0.4, -0.2) is 5.92 Å². The Morgan fingerprint density at radius 2 is 1.69 bits per heavy atom. The Morgan fingerprint density at radius 3 is 2.23 bits per heavy atom. The van der Waals surface area contributed by atoms with Crippen LogP contribution < -0.4 is 0 Å². The van der Waals surface area contributed by atoms with Crippen molar-refractivity contribution in [2.75, 3.05) is 0 Å². The maximum atomic E-state index is 13.2. The lowest BCUT2D eigenvalue weighted by Gasteiger charge is -2.16. The van der Waals surface area contributed by atoms with Gasteiger partial charge in [-0.15, -0.1) is 0 Å². The Bertz CT molecular complexity index is 302. The number of halogens is 3. The second kappa shape index (κ2) is 2.50. The highest BCUT2D eigenvalue weighted by Crippen LogP contribution is 2.53. The van der Waals surface area contributed by atoms with Gasteiger partial charge in [0.1, 0.15) is 0 Å². The Morgan fingerprint density at radius 1 is 1.15 bits per heavy atom. The molecular formula is C10H9F3. The van der Waals surface area contributed by atoms with E-state index < -0.39 is 18.0 Å². The van der Waals surface area contributed by atoms with Gasteiger partial charge in [-0.05, 0) is 11.1 Å². The van der Waals surface area contributed by atoms with E-state index in [1.807, 2.05) is 0 Å². The van der Waals surface area contributed by atoms with Gasteiger partial charge >= 0.3 is 0 Å². The molecule has 70 valence electrons. The number of hydrogen-bond donors (Lipinski definition) is 0. The van der Waals surface area contributed by atoms with E-state index >= 15 is 0 Å². The van der Waals surface area contributed by atoms with Crippen LogP contribution >= 0.6 is 0 Å². The SMILES string of the molecule is CC1c2ccccc2C(F)C1(F)F. The molecule has 1 aromatic rings. The van der Waals surface area contributed by atoms with Gasteiger partial charge in [-0.25, -0.2) is 13.2 Å². The normalized spacial score (nSPS) is 30.2. The number of rotatable bonds is 0. The summed E-state index contributed by atoms with van der Waals surface area (Å²) in [7, 11) is 0. The lowest BCUT2D eigenvalue weighted by Crippen LogP contribution is -2.22. The summed E-state index contributed by atoms with van der Waals surface area (Å²) in [4.78, 5) is 0. The minimum atomic E-state index is -3.25. The van der Waals surface area contributed by atoms with Crippen molar-refractivity contribution in [1.82, 2.24) is 0 Å². The summed E-state index contributed by atoms with van der Waals surface area (Å²) in [5.74, 6) is -4.26. The Hall–Kier alpha value is -0.990. The molecule has 0 aromatic heterocycles. The maximum absolute atomic E-state index is 13.2. The van der Waals surface area contributed by atoms with E-state index in [0.29, 0.717) is 5.56 Å². The molecule has 0 aliphatic heterocycles. The highest BCUT2D eigenvalue weighted by Gasteiger charge is 2.53. The van der Waals surface area contributed by atoms with E-state index in [1.165, 1.54) is 13.0 Å². The van der Waals surface area contributed by atoms with Gasteiger partial charge in [0, 0.05) is 5.92 Å². The largest absolute Gasteiger partial charge is 0.289 e. The van der Waals surface area contributed by atoms with Crippen LogP contribution in [0.1, 0.15) is 30.1 Å². The molecule has 0 radical (unpaired) electrons. The molecule has 0 amide bonds. The first-order chi connectivity index (χ1) is 6.05. The predicted octanol–water partition coefficient (Wildman–Crippen LogP) is 3.45. The zero-order valence-electron chi connectivity index (χ0n) is 7.10. The van der Waals surface area contributed by atoms with E-state index in [9.17, 15) is 13.2 Å². The first-order valence-corrected chi connectivity index (χ1v) is 4.16. The molecule has 0 bridgehead atoms. The fourth-order valence-electron chi connectivity index (χ4n) is 1.77. The summed E-state index contributed by atoms with van der Waals surface area (Å²) in [6.45, 7) is 1.36. The summed E-state index contributed by atoms with van der Waals surface area (Å²) in [6.07, 6.45) is -2.14. The fraction of sp³-hybridized carbons (Fsp3) is 0.400. The highest BCUT2D eigenvalue weighted by atomic mass is 19.3. The molecule has 0 saturated heterocycles.